The van der Waals surface area contributed by atoms with Crippen LogP contribution in [0, 0.1) is 6.92 Å². The van der Waals surface area contributed by atoms with Crippen LogP contribution < -0.4 is 5.32 Å². The third kappa shape index (κ3) is 3.12. The minimum absolute atomic E-state index is 0.174. The maximum absolute atomic E-state index is 13.3. The van der Waals surface area contributed by atoms with Gasteiger partial charge in [-0.1, -0.05) is 48.0 Å². The Labute approximate surface area is 179 Å². The van der Waals surface area contributed by atoms with Crippen LogP contribution in [-0.4, -0.2) is 21.8 Å². The molecule has 1 fully saturated rings. The molecule has 2 aliphatic rings. The lowest BCUT2D eigenvalue weighted by molar-refractivity contribution is -0.131. The summed E-state index contributed by atoms with van der Waals surface area (Å²) in [7, 11) is 0. The number of urea groups is 1. The van der Waals surface area contributed by atoms with Crippen LogP contribution >= 0.6 is 11.3 Å². The molecule has 0 radical (unpaired) electrons. The molecule has 1 unspecified atom stereocenters. The third-order valence-electron chi connectivity index (χ3n) is 6.12. The van der Waals surface area contributed by atoms with Gasteiger partial charge in [0.2, 0.25) is 0 Å². The first-order chi connectivity index (χ1) is 14.4. The summed E-state index contributed by atoms with van der Waals surface area (Å²) in [4.78, 5) is 31.9. The Morgan fingerprint density at radius 1 is 1.10 bits per heavy atom. The van der Waals surface area contributed by atoms with Crippen molar-refractivity contribution in [1.82, 2.24) is 15.2 Å². The van der Waals surface area contributed by atoms with Crippen molar-refractivity contribution in [3.05, 3.63) is 75.8 Å². The molecule has 0 spiro atoms. The summed E-state index contributed by atoms with van der Waals surface area (Å²) in [5.74, 6) is -0.227. The predicted molar refractivity (Wildman–Crippen MR) is 117 cm³/mol. The second-order valence-corrected chi connectivity index (χ2v) is 9.15. The summed E-state index contributed by atoms with van der Waals surface area (Å²) in [6, 6.07) is 14.0. The maximum atomic E-state index is 13.3. The van der Waals surface area contributed by atoms with E-state index in [1.165, 1.54) is 32.9 Å². The van der Waals surface area contributed by atoms with Crippen LogP contribution in [0.1, 0.15) is 41.3 Å². The van der Waals surface area contributed by atoms with E-state index in [4.69, 9.17) is 0 Å². The number of nitrogens with zero attached hydrogens (tertiary/aromatic N) is 2. The molecule has 3 aromatic rings. The van der Waals surface area contributed by atoms with E-state index < -0.39 is 5.54 Å². The molecule has 1 aliphatic heterocycles. The zero-order chi connectivity index (χ0) is 20.9. The number of benzene rings is 2. The number of aryl methyl sites for hydroxylation is 3. The first kappa shape index (κ1) is 19.0. The summed E-state index contributed by atoms with van der Waals surface area (Å²) in [5, 5.41) is 5.72. The van der Waals surface area contributed by atoms with E-state index >= 15 is 0 Å². The van der Waals surface area contributed by atoms with E-state index in [0.29, 0.717) is 0 Å². The monoisotopic (exact) mass is 417 g/mol. The molecule has 0 bridgehead atoms. The second-order valence-electron chi connectivity index (χ2n) is 8.29. The van der Waals surface area contributed by atoms with Gasteiger partial charge in [0.25, 0.3) is 5.91 Å². The number of hydrogen-bond donors (Lipinski definition) is 1. The average Bonchev–Trinajstić information content (AvgIpc) is 3.44. The lowest BCUT2D eigenvalue weighted by atomic mass is 9.89. The fourth-order valence-corrected chi connectivity index (χ4v) is 5.11. The summed E-state index contributed by atoms with van der Waals surface area (Å²) in [6.07, 6.45) is 3.27. The number of nitrogens with one attached hydrogen (secondary N) is 1. The van der Waals surface area contributed by atoms with Gasteiger partial charge in [0.1, 0.15) is 10.5 Å². The highest BCUT2D eigenvalue weighted by molar-refractivity contribution is 7.13. The van der Waals surface area contributed by atoms with Gasteiger partial charge in [0.05, 0.1) is 12.2 Å². The number of rotatable bonds is 4. The molecule has 2 heterocycles. The first-order valence-corrected chi connectivity index (χ1v) is 11.1. The Morgan fingerprint density at radius 2 is 1.87 bits per heavy atom. The van der Waals surface area contributed by atoms with Crippen LogP contribution in [0.15, 0.2) is 47.8 Å². The normalized spacial score (nSPS) is 20.5. The first-order valence-electron chi connectivity index (χ1n) is 10.2. The third-order valence-corrected chi connectivity index (χ3v) is 7.06. The van der Waals surface area contributed by atoms with E-state index in [-0.39, 0.29) is 18.5 Å². The number of amides is 3. The van der Waals surface area contributed by atoms with Gasteiger partial charge in [-0.3, -0.25) is 9.69 Å². The summed E-state index contributed by atoms with van der Waals surface area (Å²) in [6.45, 7) is 4.02. The zero-order valence-electron chi connectivity index (χ0n) is 17.1. The van der Waals surface area contributed by atoms with Crippen molar-refractivity contribution in [2.24, 2.45) is 0 Å². The number of fused-ring (bicyclic) bond motifs is 1. The van der Waals surface area contributed by atoms with Crippen LogP contribution in [-0.2, 0) is 29.7 Å². The quantitative estimate of drug-likeness (QED) is 0.633. The summed E-state index contributed by atoms with van der Waals surface area (Å²) < 4.78 is 0. The van der Waals surface area contributed by atoms with E-state index in [0.717, 1.165) is 41.1 Å². The molecule has 6 heteroatoms. The number of hydrogen-bond acceptors (Lipinski definition) is 4. The minimum Gasteiger partial charge on any atom is -0.319 e. The van der Waals surface area contributed by atoms with Crippen LogP contribution in [0.2, 0.25) is 0 Å². The van der Waals surface area contributed by atoms with Crippen molar-refractivity contribution in [2.75, 3.05) is 0 Å². The van der Waals surface area contributed by atoms with Crippen molar-refractivity contribution >= 4 is 23.3 Å². The molecule has 1 saturated heterocycles. The van der Waals surface area contributed by atoms with E-state index in [9.17, 15) is 9.59 Å². The van der Waals surface area contributed by atoms with E-state index in [1.807, 2.05) is 30.5 Å². The number of thiazole rings is 1. The SMILES string of the molecule is Cc1ccc(-c2nc(CN3C(=O)NC(C)(c4ccc5c(c4)CCC5)C3=O)cs2)cc1. The van der Waals surface area contributed by atoms with Crippen molar-refractivity contribution in [1.29, 1.82) is 0 Å². The predicted octanol–water partition coefficient (Wildman–Crippen LogP) is 4.57. The molecule has 1 aliphatic carbocycles. The smallest absolute Gasteiger partial charge is 0.319 e. The number of aromatic nitrogens is 1. The standard InChI is InChI=1S/C24H23N3O2S/c1-15-6-8-17(9-7-15)21-25-20(14-30-21)13-27-22(28)24(2,26-23(27)29)19-11-10-16-4-3-5-18(16)12-19/h6-12,14H,3-5,13H2,1-2H3,(H,26,29). The largest absolute Gasteiger partial charge is 0.325 e. The van der Waals surface area contributed by atoms with Gasteiger partial charge in [0, 0.05) is 10.9 Å². The van der Waals surface area contributed by atoms with Gasteiger partial charge in [-0.05, 0) is 49.8 Å². The lowest BCUT2D eigenvalue weighted by Gasteiger charge is -2.23. The highest BCUT2D eigenvalue weighted by atomic mass is 32.1. The number of carbonyl (C=O) groups excluding carboxylic acids is 2. The molecule has 1 aromatic heterocycles. The van der Waals surface area contributed by atoms with E-state index in [1.54, 1.807) is 6.92 Å². The fourth-order valence-electron chi connectivity index (χ4n) is 4.29. The Bertz CT molecular complexity index is 1150. The molecule has 0 saturated carbocycles. The van der Waals surface area contributed by atoms with Gasteiger partial charge < -0.3 is 5.32 Å². The number of imide groups is 1. The molecule has 1 atom stereocenters. The minimum atomic E-state index is -1.04. The average molecular weight is 418 g/mol. The Balaban J connectivity index is 1.38. The molecule has 30 heavy (non-hydrogen) atoms. The van der Waals surface area contributed by atoms with Crippen LogP contribution in [0.4, 0.5) is 4.79 Å². The van der Waals surface area contributed by atoms with Gasteiger partial charge in [-0.2, -0.15) is 0 Å². The Hall–Kier alpha value is -2.99. The summed E-state index contributed by atoms with van der Waals surface area (Å²) >= 11 is 1.52. The van der Waals surface area contributed by atoms with Crippen molar-refractivity contribution < 1.29 is 9.59 Å². The second kappa shape index (κ2) is 7.06. The number of carbonyl (C=O) groups is 2. The molecule has 2 aromatic carbocycles. The van der Waals surface area contributed by atoms with Gasteiger partial charge >= 0.3 is 6.03 Å². The molecular formula is C24H23N3O2S. The highest BCUT2D eigenvalue weighted by Gasteiger charge is 2.49. The van der Waals surface area contributed by atoms with Crippen LogP contribution in [0.5, 0.6) is 0 Å². The van der Waals surface area contributed by atoms with Crippen LogP contribution in [0.25, 0.3) is 10.6 Å². The maximum Gasteiger partial charge on any atom is 0.325 e. The van der Waals surface area contributed by atoms with Crippen molar-refractivity contribution in [3.63, 3.8) is 0 Å². The van der Waals surface area contributed by atoms with Crippen molar-refractivity contribution in [3.8, 4) is 10.6 Å². The van der Waals surface area contributed by atoms with Gasteiger partial charge in [-0.15, -0.1) is 11.3 Å². The van der Waals surface area contributed by atoms with Crippen molar-refractivity contribution in [2.45, 2.75) is 45.2 Å². The van der Waals surface area contributed by atoms with E-state index in [2.05, 4.69) is 34.6 Å². The molecule has 5 nitrogen and oxygen atoms in total. The molecule has 152 valence electrons. The Kier molecular flexibility index (Phi) is 4.47. The molecular weight excluding hydrogens is 394 g/mol. The lowest BCUT2D eigenvalue weighted by Crippen LogP contribution is -2.41. The highest BCUT2D eigenvalue weighted by Crippen LogP contribution is 2.33. The van der Waals surface area contributed by atoms with Crippen LogP contribution in [0.3, 0.4) is 0 Å². The topological polar surface area (TPSA) is 62.3 Å². The zero-order valence-corrected chi connectivity index (χ0v) is 17.9. The Morgan fingerprint density at radius 3 is 2.67 bits per heavy atom. The van der Waals surface area contributed by atoms with Gasteiger partial charge in [-0.25, -0.2) is 9.78 Å². The fraction of sp³-hybridized carbons (Fsp3) is 0.292. The molecule has 5 rings (SSSR count). The molecule has 1 N–H and O–H groups in total. The van der Waals surface area contributed by atoms with Gasteiger partial charge in [0.15, 0.2) is 0 Å². The summed E-state index contributed by atoms with van der Waals surface area (Å²) in [5.41, 5.74) is 5.40. The molecule has 3 amide bonds.